The topological polar surface area (TPSA) is 73.0 Å². The van der Waals surface area contributed by atoms with Gasteiger partial charge >= 0.3 is 0 Å². The molecule has 1 aromatic carbocycles. The van der Waals surface area contributed by atoms with Gasteiger partial charge in [0.1, 0.15) is 29.9 Å². The number of aromatic nitrogens is 3. The Morgan fingerprint density at radius 3 is 2.85 bits per heavy atom. The highest BCUT2D eigenvalue weighted by Gasteiger charge is 2.20. The molecule has 1 aliphatic heterocycles. The SMILES string of the molecule is Cc1ncc2cc1OCc1cc(F)ccc1COCc1nn(C)c(C#N)c1-2. The number of benzene rings is 1. The number of hydrogen-bond donors (Lipinski definition) is 0. The molecule has 136 valence electrons. The van der Waals surface area contributed by atoms with Gasteiger partial charge in [0.25, 0.3) is 0 Å². The van der Waals surface area contributed by atoms with Crippen molar-refractivity contribution in [2.24, 2.45) is 7.05 Å². The van der Waals surface area contributed by atoms with Gasteiger partial charge in [-0.05, 0) is 36.2 Å². The summed E-state index contributed by atoms with van der Waals surface area (Å²) in [6.07, 6.45) is 1.70. The van der Waals surface area contributed by atoms with Crippen molar-refractivity contribution >= 4 is 0 Å². The molecule has 0 radical (unpaired) electrons. The molecule has 0 saturated heterocycles. The molecule has 0 amide bonds. The summed E-state index contributed by atoms with van der Waals surface area (Å²) in [7, 11) is 1.72. The second-order valence-electron chi connectivity index (χ2n) is 6.41. The molecule has 7 heteroatoms. The largest absolute Gasteiger partial charge is 0.487 e. The van der Waals surface area contributed by atoms with E-state index >= 15 is 0 Å². The van der Waals surface area contributed by atoms with Crippen molar-refractivity contribution in [2.75, 3.05) is 0 Å². The van der Waals surface area contributed by atoms with Crippen LogP contribution in [-0.2, 0) is 31.6 Å². The fourth-order valence-electron chi connectivity index (χ4n) is 3.19. The molecule has 2 aromatic heterocycles. The van der Waals surface area contributed by atoms with Crippen LogP contribution in [0.2, 0.25) is 0 Å². The Morgan fingerprint density at radius 2 is 2.04 bits per heavy atom. The molecular formula is C20H17FN4O2. The summed E-state index contributed by atoms with van der Waals surface area (Å²) in [5.41, 5.74) is 4.79. The van der Waals surface area contributed by atoms with Crippen LogP contribution in [0.3, 0.4) is 0 Å². The summed E-state index contributed by atoms with van der Waals surface area (Å²) in [4.78, 5) is 4.40. The smallest absolute Gasteiger partial charge is 0.146 e. The molecule has 0 fully saturated rings. The Balaban J connectivity index is 1.86. The molecule has 2 bridgehead atoms. The van der Waals surface area contributed by atoms with Crippen LogP contribution in [0, 0.1) is 24.1 Å². The lowest BCUT2D eigenvalue weighted by molar-refractivity contribution is 0.103. The maximum absolute atomic E-state index is 13.7. The number of pyridine rings is 1. The van der Waals surface area contributed by atoms with E-state index in [1.807, 2.05) is 13.0 Å². The van der Waals surface area contributed by atoms with Crippen LogP contribution < -0.4 is 4.74 Å². The van der Waals surface area contributed by atoms with E-state index < -0.39 is 0 Å². The Labute approximate surface area is 155 Å². The van der Waals surface area contributed by atoms with E-state index in [4.69, 9.17) is 9.47 Å². The lowest BCUT2D eigenvalue weighted by atomic mass is 10.0. The Kier molecular flexibility index (Phi) is 4.34. The van der Waals surface area contributed by atoms with Gasteiger partial charge in [-0.25, -0.2) is 4.39 Å². The molecule has 0 spiro atoms. The van der Waals surface area contributed by atoms with Gasteiger partial charge in [0.15, 0.2) is 0 Å². The standard InChI is InChI=1S/C20H17FN4O2/c1-12-19-6-14(8-23-12)20-17(24-25(2)18(20)7-22)11-26-9-13-3-4-16(21)5-15(13)10-27-19/h3-6,8H,9-11H2,1-2H3. The van der Waals surface area contributed by atoms with Gasteiger partial charge in [0.2, 0.25) is 0 Å². The van der Waals surface area contributed by atoms with Crippen molar-refractivity contribution in [1.82, 2.24) is 14.8 Å². The van der Waals surface area contributed by atoms with Crippen LogP contribution in [0.1, 0.15) is 28.2 Å². The predicted octanol–water partition coefficient (Wildman–Crippen LogP) is 3.41. The summed E-state index contributed by atoms with van der Waals surface area (Å²) in [5.74, 6) is 0.265. The molecule has 0 aliphatic carbocycles. The van der Waals surface area contributed by atoms with E-state index in [0.29, 0.717) is 35.0 Å². The van der Waals surface area contributed by atoms with Gasteiger partial charge in [-0.2, -0.15) is 10.4 Å². The fraction of sp³-hybridized carbons (Fsp3) is 0.250. The molecule has 0 atom stereocenters. The van der Waals surface area contributed by atoms with Crippen molar-refractivity contribution < 1.29 is 13.9 Å². The van der Waals surface area contributed by atoms with Crippen LogP contribution in [0.4, 0.5) is 4.39 Å². The number of rotatable bonds is 0. The van der Waals surface area contributed by atoms with Gasteiger partial charge < -0.3 is 9.47 Å². The van der Waals surface area contributed by atoms with Crippen molar-refractivity contribution in [3.05, 3.63) is 64.5 Å². The minimum Gasteiger partial charge on any atom is -0.487 e. The second kappa shape index (κ2) is 6.82. The Bertz CT molecular complexity index is 1070. The number of hydrogen-bond acceptors (Lipinski definition) is 5. The summed E-state index contributed by atoms with van der Waals surface area (Å²) < 4.78 is 27.0. The molecule has 4 rings (SSSR count). The van der Waals surface area contributed by atoms with E-state index in [1.54, 1.807) is 19.3 Å². The molecule has 1 aliphatic rings. The lowest BCUT2D eigenvalue weighted by Gasteiger charge is -2.15. The summed E-state index contributed by atoms with van der Waals surface area (Å²) in [6, 6.07) is 8.59. The fourth-order valence-corrected chi connectivity index (χ4v) is 3.19. The molecule has 0 saturated carbocycles. The molecule has 3 aromatic rings. The normalized spacial score (nSPS) is 13.4. The van der Waals surface area contributed by atoms with E-state index in [2.05, 4.69) is 16.2 Å². The number of aryl methyl sites for hydroxylation is 2. The first-order chi connectivity index (χ1) is 13.1. The third-order valence-electron chi connectivity index (χ3n) is 4.60. The average Bonchev–Trinajstić information content (AvgIpc) is 2.97. The number of ether oxygens (including phenoxy) is 2. The van der Waals surface area contributed by atoms with E-state index in [-0.39, 0.29) is 19.0 Å². The zero-order valence-electron chi connectivity index (χ0n) is 15.0. The number of fused-ring (bicyclic) bond motifs is 5. The monoisotopic (exact) mass is 364 g/mol. The number of nitriles is 1. The molecule has 6 nitrogen and oxygen atoms in total. The first-order valence-electron chi connectivity index (χ1n) is 8.47. The quantitative estimate of drug-likeness (QED) is 0.611. The highest BCUT2D eigenvalue weighted by atomic mass is 19.1. The summed E-state index contributed by atoms with van der Waals surface area (Å²) in [6.45, 7) is 2.57. The minimum atomic E-state index is -0.321. The molecule has 27 heavy (non-hydrogen) atoms. The van der Waals surface area contributed by atoms with E-state index in [0.717, 1.165) is 16.7 Å². The molecular weight excluding hydrogens is 347 g/mol. The predicted molar refractivity (Wildman–Crippen MR) is 95.1 cm³/mol. The van der Waals surface area contributed by atoms with Gasteiger partial charge in [-0.3, -0.25) is 9.67 Å². The number of halogens is 1. The summed E-state index contributed by atoms with van der Waals surface area (Å²) in [5, 5.41) is 14.0. The average molecular weight is 364 g/mol. The van der Waals surface area contributed by atoms with Crippen LogP contribution in [-0.4, -0.2) is 14.8 Å². The first kappa shape index (κ1) is 17.2. The van der Waals surface area contributed by atoms with Gasteiger partial charge in [-0.1, -0.05) is 6.07 Å². The summed E-state index contributed by atoms with van der Waals surface area (Å²) >= 11 is 0. The molecule has 3 heterocycles. The van der Waals surface area contributed by atoms with Crippen LogP contribution in [0.5, 0.6) is 5.75 Å². The van der Waals surface area contributed by atoms with Gasteiger partial charge in [0, 0.05) is 24.4 Å². The van der Waals surface area contributed by atoms with Crippen LogP contribution >= 0.6 is 0 Å². The van der Waals surface area contributed by atoms with Crippen molar-refractivity contribution in [2.45, 2.75) is 26.7 Å². The zero-order valence-corrected chi connectivity index (χ0v) is 15.0. The minimum absolute atomic E-state index is 0.202. The first-order valence-corrected chi connectivity index (χ1v) is 8.47. The zero-order chi connectivity index (χ0) is 19.0. The molecule has 0 unspecified atom stereocenters. The van der Waals surface area contributed by atoms with Gasteiger partial charge in [-0.15, -0.1) is 0 Å². The lowest BCUT2D eigenvalue weighted by Crippen LogP contribution is -2.06. The van der Waals surface area contributed by atoms with E-state index in [1.165, 1.54) is 16.8 Å². The maximum Gasteiger partial charge on any atom is 0.146 e. The number of nitrogens with zero attached hydrogens (tertiary/aromatic N) is 4. The highest BCUT2D eigenvalue weighted by Crippen LogP contribution is 2.32. The van der Waals surface area contributed by atoms with Crippen LogP contribution in [0.25, 0.3) is 11.1 Å². The Morgan fingerprint density at radius 1 is 1.19 bits per heavy atom. The third kappa shape index (κ3) is 3.15. The van der Waals surface area contributed by atoms with E-state index in [9.17, 15) is 9.65 Å². The highest BCUT2D eigenvalue weighted by molar-refractivity contribution is 5.72. The van der Waals surface area contributed by atoms with Crippen molar-refractivity contribution in [3.8, 4) is 22.9 Å². The third-order valence-corrected chi connectivity index (χ3v) is 4.60. The van der Waals surface area contributed by atoms with Crippen LogP contribution in [0.15, 0.2) is 30.5 Å². The maximum atomic E-state index is 13.7. The Hall–Kier alpha value is -3.24. The van der Waals surface area contributed by atoms with Crippen molar-refractivity contribution in [3.63, 3.8) is 0 Å². The second-order valence-corrected chi connectivity index (χ2v) is 6.41. The molecule has 0 N–H and O–H groups in total. The van der Waals surface area contributed by atoms with Crippen molar-refractivity contribution in [1.29, 1.82) is 5.26 Å². The van der Waals surface area contributed by atoms with Gasteiger partial charge in [0.05, 0.1) is 24.6 Å².